The summed E-state index contributed by atoms with van der Waals surface area (Å²) >= 11 is 6.17. The van der Waals surface area contributed by atoms with Crippen LogP contribution >= 0.6 is 11.6 Å². The van der Waals surface area contributed by atoms with Crippen LogP contribution in [0, 0.1) is 5.82 Å². The van der Waals surface area contributed by atoms with Crippen molar-refractivity contribution in [3.63, 3.8) is 0 Å². The van der Waals surface area contributed by atoms with Crippen LogP contribution in [0.2, 0.25) is 5.02 Å². The Hall–Kier alpha value is -1.46. The highest BCUT2D eigenvalue weighted by Crippen LogP contribution is 2.27. The molecule has 1 unspecified atom stereocenters. The Morgan fingerprint density at radius 3 is 2.79 bits per heavy atom. The molecule has 0 amide bonds. The number of nitrogens with one attached hydrogen (secondary N) is 1. The molecule has 0 aliphatic heterocycles. The first-order valence-corrected chi connectivity index (χ1v) is 6.52. The smallest absolute Gasteiger partial charge is 0.141 e. The quantitative estimate of drug-likeness (QED) is 0.917. The molecule has 2 rings (SSSR count). The molecule has 1 N–H and O–H groups in total. The van der Waals surface area contributed by atoms with E-state index in [0.29, 0.717) is 5.02 Å². The second-order valence-electron chi connectivity index (χ2n) is 4.32. The molecule has 0 radical (unpaired) electrons. The first-order valence-electron chi connectivity index (χ1n) is 6.14. The maximum atomic E-state index is 13.3. The van der Waals surface area contributed by atoms with Crippen molar-refractivity contribution in [3.05, 3.63) is 46.8 Å². The topological polar surface area (TPSA) is 42.7 Å². The average molecular weight is 283 g/mol. The van der Waals surface area contributed by atoms with Crippen molar-refractivity contribution in [2.75, 3.05) is 6.54 Å². The summed E-state index contributed by atoms with van der Waals surface area (Å²) in [7, 11) is 1.81. The van der Waals surface area contributed by atoms with Crippen LogP contribution in [0.5, 0.6) is 0 Å². The summed E-state index contributed by atoms with van der Waals surface area (Å²) in [4.78, 5) is 3.89. The lowest BCUT2D eigenvalue weighted by Crippen LogP contribution is -2.25. The highest BCUT2D eigenvalue weighted by molar-refractivity contribution is 6.31. The third-order valence-electron chi connectivity index (χ3n) is 2.87. The van der Waals surface area contributed by atoms with Crippen molar-refractivity contribution in [1.82, 2.24) is 20.1 Å². The summed E-state index contributed by atoms with van der Waals surface area (Å²) in [6.07, 6.45) is 5.38. The highest BCUT2D eigenvalue weighted by atomic mass is 35.5. The number of aryl methyl sites for hydroxylation is 1. The number of rotatable bonds is 5. The van der Waals surface area contributed by atoms with Gasteiger partial charge in [-0.2, -0.15) is 5.10 Å². The minimum atomic E-state index is -0.362. The van der Waals surface area contributed by atoms with Gasteiger partial charge in [0.15, 0.2) is 0 Å². The lowest BCUT2D eigenvalue weighted by Gasteiger charge is -2.19. The van der Waals surface area contributed by atoms with Crippen molar-refractivity contribution in [1.29, 1.82) is 0 Å². The van der Waals surface area contributed by atoms with Gasteiger partial charge in [0, 0.05) is 13.2 Å². The Morgan fingerprint density at radius 2 is 2.21 bits per heavy atom. The number of halogens is 2. The number of aromatic nitrogens is 3. The van der Waals surface area contributed by atoms with Crippen LogP contribution in [0.15, 0.2) is 24.7 Å². The fourth-order valence-electron chi connectivity index (χ4n) is 1.99. The summed E-state index contributed by atoms with van der Waals surface area (Å²) < 4.78 is 15.0. The third kappa shape index (κ3) is 3.11. The van der Waals surface area contributed by atoms with Gasteiger partial charge in [0.25, 0.3) is 0 Å². The van der Waals surface area contributed by atoms with Crippen LogP contribution in [0.3, 0.4) is 0 Å². The molecule has 0 saturated heterocycles. The van der Waals surface area contributed by atoms with E-state index in [2.05, 4.69) is 22.3 Å². The zero-order valence-corrected chi connectivity index (χ0v) is 11.7. The molecule has 0 aromatic carbocycles. The SMILES string of the molecule is CCCNC(c1cncc(F)c1)c1c(Cl)cnn1C. The van der Waals surface area contributed by atoms with Gasteiger partial charge in [-0.3, -0.25) is 9.67 Å². The molecule has 1 atom stereocenters. The summed E-state index contributed by atoms with van der Waals surface area (Å²) in [5.74, 6) is -0.362. The second kappa shape index (κ2) is 6.12. The van der Waals surface area contributed by atoms with Gasteiger partial charge < -0.3 is 5.32 Å². The molecule has 0 aliphatic rings. The summed E-state index contributed by atoms with van der Waals surface area (Å²) in [6.45, 7) is 2.86. The van der Waals surface area contributed by atoms with Gasteiger partial charge in [0.05, 0.1) is 29.2 Å². The van der Waals surface area contributed by atoms with Gasteiger partial charge in [-0.1, -0.05) is 18.5 Å². The van der Waals surface area contributed by atoms with E-state index in [1.165, 1.54) is 12.3 Å². The standard InChI is InChI=1S/C13H16ClFN4/c1-3-4-17-12(9-5-10(15)7-16-6-9)13-11(14)8-18-19(13)2/h5-8,12,17H,3-4H2,1-2H3. The Morgan fingerprint density at radius 1 is 1.42 bits per heavy atom. The van der Waals surface area contributed by atoms with Gasteiger partial charge in [-0.25, -0.2) is 4.39 Å². The van der Waals surface area contributed by atoms with E-state index >= 15 is 0 Å². The highest BCUT2D eigenvalue weighted by Gasteiger charge is 2.21. The van der Waals surface area contributed by atoms with E-state index in [1.54, 1.807) is 17.1 Å². The number of nitrogens with zero attached hydrogens (tertiary/aromatic N) is 3. The minimum Gasteiger partial charge on any atom is -0.305 e. The molecule has 102 valence electrons. The molecule has 2 aromatic heterocycles. The average Bonchev–Trinajstić information content (AvgIpc) is 2.71. The van der Waals surface area contributed by atoms with Crippen LogP contribution in [0.25, 0.3) is 0 Å². The van der Waals surface area contributed by atoms with Crippen LogP contribution in [0.4, 0.5) is 4.39 Å². The van der Waals surface area contributed by atoms with E-state index in [0.717, 1.165) is 24.2 Å². The summed E-state index contributed by atoms with van der Waals surface area (Å²) in [5.41, 5.74) is 1.54. The van der Waals surface area contributed by atoms with E-state index < -0.39 is 0 Å². The molecular formula is C13H16ClFN4. The van der Waals surface area contributed by atoms with Gasteiger partial charge in [0.2, 0.25) is 0 Å². The second-order valence-corrected chi connectivity index (χ2v) is 4.73. The van der Waals surface area contributed by atoms with Crippen molar-refractivity contribution in [2.45, 2.75) is 19.4 Å². The lowest BCUT2D eigenvalue weighted by atomic mass is 10.1. The predicted octanol–water partition coefficient (Wildman–Crippen LogP) is 2.70. The molecule has 19 heavy (non-hydrogen) atoms. The van der Waals surface area contributed by atoms with Crippen LogP contribution in [0.1, 0.15) is 30.6 Å². The molecule has 0 fully saturated rings. The summed E-state index contributed by atoms with van der Waals surface area (Å²) in [5, 5.41) is 8.02. The lowest BCUT2D eigenvalue weighted by molar-refractivity contribution is 0.545. The van der Waals surface area contributed by atoms with E-state index in [1.807, 2.05) is 7.05 Å². The van der Waals surface area contributed by atoms with Crippen LogP contribution in [-0.4, -0.2) is 21.3 Å². The fourth-order valence-corrected chi connectivity index (χ4v) is 2.27. The maximum absolute atomic E-state index is 13.3. The molecule has 2 aromatic rings. The largest absolute Gasteiger partial charge is 0.305 e. The molecule has 4 nitrogen and oxygen atoms in total. The van der Waals surface area contributed by atoms with Crippen molar-refractivity contribution >= 4 is 11.6 Å². The fraction of sp³-hybridized carbons (Fsp3) is 0.385. The first-order chi connectivity index (χ1) is 9.13. The molecule has 2 heterocycles. The number of pyridine rings is 1. The van der Waals surface area contributed by atoms with E-state index in [4.69, 9.17) is 11.6 Å². The molecule has 6 heteroatoms. The van der Waals surface area contributed by atoms with Gasteiger partial charge in [0.1, 0.15) is 5.82 Å². The molecule has 0 saturated carbocycles. The van der Waals surface area contributed by atoms with Crippen LogP contribution < -0.4 is 5.32 Å². The van der Waals surface area contributed by atoms with Crippen LogP contribution in [-0.2, 0) is 7.05 Å². The molecule has 0 aliphatic carbocycles. The first kappa shape index (κ1) is 14.0. The van der Waals surface area contributed by atoms with Gasteiger partial charge in [-0.15, -0.1) is 0 Å². The third-order valence-corrected chi connectivity index (χ3v) is 3.16. The monoisotopic (exact) mass is 282 g/mol. The van der Waals surface area contributed by atoms with Gasteiger partial charge >= 0.3 is 0 Å². The van der Waals surface area contributed by atoms with Crippen molar-refractivity contribution in [3.8, 4) is 0 Å². The van der Waals surface area contributed by atoms with Gasteiger partial charge in [-0.05, 0) is 24.6 Å². The zero-order valence-electron chi connectivity index (χ0n) is 10.9. The Labute approximate surface area is 116 Å². The Balaban J connectivity index is 2.41. The normalized spacial score (nSPS) is 12.6. The predicted molar refractivity (Wildman–Crippen MR) is 72.5 cm³/mol. The number of hydrogen-bond acceptors (Lipinski definition) is 3. The van der Waals surface area contributed by atoms with Crippen molar-refractivity contribution < 1.29 is 4.39 Å². The van der Waals surface area contributed by atoms with Crippen molar-refractivity contribution in [2.24, 2.45) is 7.05 Å². The number of hydrogen-bond donors (Lipinski definition) is 1. The maximum Gasteiger partial charge on any atom is 0.141 e. The molecule has 0 spiro atoms. The Kier molecular flexibility index (Phi) is 4.50. The van der Waals surface area contributed by atoms with E-state index in [-0.39, 0.29) is 11.9 Å². The molecule has 0 bridgehead atoms. The zero-order chi connectivity index (χ0) is 13.8. The Bertz CT molecular complexity index is 536. The molecular weight excluding hydrogens is 267 g/mol. The summed E-state index contributed by atoms with van der Waals surface area (Å²) in [6, 6.07) is 1.24. The minimum absolute atomic E-state index is 0.219. The van der Waals surface area contributed by atoms with E-state index in [9.17, 15) is 4.39 Å².